The molecule has 2 N–H and O–H groups in total. The molecule has 164 valence electrons. The van der Waals surface area contributed by atoms with Crippen molar-refractivity contribution in [2.75, 3.05) is 23.4 Å². The maximum atomic E-state index is 12.6. The first-order valence-corrected chi connectivity index (χ1v) is 10.5. The standard InChI is InChI=1S/C24H29N3O4/c1-4-24(2,3)26-23(30)17-9-11-18(12-10-17)25-21(28)13-14-22(29)27-15-16-31-20-8-6-5-7-19(20)27/h5-12H,4,13-16H2,1-3H3,(H,25,28)(H,26,30). The summed E-state index contributed by atoms with van der Waals surface area (Å²) in [4.78, 5) is 38.9. The van der Waals surface area contributed by atoms with Crippen LogP contribution in [-0.2, 0) is 9.59 Å². The van der Waals surface area contributed by atoms with E-state index in [0.29, 0.717) is 30.2 Å². The average molecular weight is 424 g/mol. The van der Waals surface area contributed by atoms with Crippen LogP contribution in [0.1, 0.15) is 50.4 Å². The fourth-order valence-electron chi connectivity index (χ4n) is 3.18. The van der Waals surface area contributed by atoms with Gasteiger partial charge in [-0.25, -0.2) is 0 Å². The SMILES string of the molecule is CCC(C)(C)NC(=O)c1ccc(NC(=O)CCC(=O)N2CCOc3ccccc32)cc1. The summed E-state index contributed by atoms with van der Waals surface area (Å²) in [5, 5.41) is 5.76. The highest BCUT2D eigenvalue weighted by Gasteiger charge is 2.23. The van der Waals surface area contributed by atoms with E-state index in [2.05, 4.69) is 10.6 Å². The number of carbonyl (C=O) groups excluding carboxylic acids is 3. The Kier molecular flexibility index (Phi) is 6.95. The molecule has 0 radical (unpaired) electrons. The first-order valence-electron chi connectivity index (χ1n) is 10.5. The number of para-hydroxylation sites is 2. The van der Waals surface area contributed by atoms with Gasteiger partial charge in [-0.05, 0) is 56.7 Å². The summed E-state index contributed by atoms with van der Waals surface area (Å²) >= 11 is 0. The maximum Gasteiger partial charge on any atom is 0.251 e. The molecule has 3 amide bonds. The number of hydrogen-bond acceptors (Lipinski definition) is 4. The molecule has 7 heteroatoms. The summed E-state index contributed by atoms with van der Waals surface area (Å²) in [5.41, 5.74) is 1.57. The van der Waals surface area contributed by atoms with E-state index in [1.54, 1.807) is 29.2 Å². The van der Waals surface area contributed by atoms with Gasteiger partial charge in [-0.15, -0.1) is 0 Å². The molecule has 1 aliphatic rings. The van der Waals surface area contributed by atoms with Crippen molar-refractivity contribution in [3.05, 3.63) is 54.1 Å². The lowest BCUT2D eigenvalue weighted by molar-refractivity contribution is -0.122. The van der Waals surface area contributed by atoms with E-state index in [0.717, 1.165) is 12.1 Å². The molecule has 1 heterocycles. The molecule has 0 unspecified atom stereocenters. The average Bonchev–Trinajstić information content (AvgIpc) is 2.77. The zero-order chi connectivity index (χ0) is 22.4. The molecule has 2 aromatic rings. The van der Waals surface area contributed by atoms with Crippen LogP contribution in [0.4, 0.5) is 11.4 Å². The molecule has 2 aromatic carbocycles. The minimum absolute atomic E-state index is 0.0747. The molecule has 0 aromatic heterocycles. The van der Waals surface area contributed by atoms with E-state index in [1.165, 1.54) is 0 Å². The third kappa shape index (κ3) is 5.84. The fourth-order valence-corrected chi connectivity index (χ4v) is 3.18. The van der Waals surface area contributed by atoms with E-state index in [-0.39, 0.29) is 36.1 Å². The van der Waals surface area contributed by atoms with Gasteiger partial charge >= 0.3 is 0 Å². The van der Waals surface area contributed by atoms with Crippen LogP contribution in [0.2, 0.25) is 0 Å². The van der Waals surface area contributed by atoms with Gasteiger partial charge in [0.1, 0.15) is 12.4 Å². The first kappa shape index (κ1) is 22.3. The van der Waals surface area contributed by atoms with Crippen LogP contribution in [0.5, 0.6) is 5.75 Å². The Morgan fingerprint density at radius 3 is 2.45 bits per heavy atom. The highest BCUT2D eigenvalue weighted by Crippen LogP contribution is 2.31. The van der Waals surface area contributed by atoms with Crippen LogP contribution in [0.3, 0.4) is 0 Å². The first-order chi connectivity index (χ1) is 14.8. The predicted octanol–water partition coefficient (Wildman–Crippen LogP) is 3.75. The summed E-state index contributed by atoms with van der Waals surface area (Å²) in [6.45, 7) is 6.86. The number of fused-ring (bicyclic) bond motifs is 1. The molecular weight excluding hydrogens is 394 g/mol. The summed E-state index contributed by atoms with van der Waals surface area (Å²) in [6, 6.07) is 14.1. The van der Waals surface area contributed by atoms with Gasteiger partial charge in [-0.3, -0.25) is 14.4 Å². The van der Waals surface area contributed by atoms with Crippen LogP contribution in [0.15, 0.2) is 48.5 Å². The second-order valence-corrected chi connectivity index (χ2v) is 8.18. The number of nitrogens with zero attached hydrogens (tertiary/aromatic N) is 1. The molecule has 0 bridgehead atoms. The number of hydrogen-bond donors (Lipinski definition) is 2. The van der Waals surface area contributed by atoms with E-state index in [1.807, 2.05) is 45.0 Å². The number of rotatable bonds is 7. The van der Waals surface area contributed by atoms with Gasteiger partial charge in [0.2, 0.25) is 11.8 Å². The van der Waals surface area contributed by atoms with Crippen LogP contribution in [0, 0.1) is 0 Å². The highest BCUT2D eigenvalue weighted by atomic mass is 16.5. The number of ether oxygens (including phenoxy) is 1. The molecule has 7 nitrogen and oxygen atoms in total. The van der Waals surface area contributed by atoms with Gasteiger partial charge in [0.15, 0.2) is 0 Å². The topological polar surface area (TPSA) is 87.7 Å². The molecular formula is C24H29N3O4. The number of benzene rings is 2. The predicted molar refractivity (Wildman–Crippen MR) is 120 cm³/mol. The van der Waals surface area contributed by atoms with Gasteiger partial charge in [-0.2, -0.15) is 0 Å². The Morgan fingerprint density at radius 2 is 1.74 bits per heavy atom. The summed E-state index contributed by atoms with van der Waals surface area (Å²) in [5.74, 6) is 0.162. The second kappa shape index (κ2) is 9.64. The van der Waals surface area contributed by atoms with Crippen LogP contribution in [0.25, 0.3) is 0 Å². The van der Waals surface area contributed by atoms with Crippen LogP contribution >= 0.6 is 0 Å². The lowest BCUT2D eigenvalue weighted by Crippen LogP contribution is -2.42. The van der Waals surface area contributed by atoms with Gasteiger partial charge in [0, 0.05) is 29.6 Å². The molecule has 3 rings (SSSR count). The summed E-state index contributed by atoms with van der Waals surface area (Å²) < 4.78 is 5.57. The van der Waals surface area contributed by atoms with Crippen molar-refractivity contribution >= 4 is 29.1 Å². The third-order valence-electron chi connectivity index (χ3n) is 5.36. The van der Waals surface area contributed by atoms with Crippen molar-refractivity contribution in [3.8, 4) is 5.75 Å². The number of carbonyl (C=O) groups is 3. The van der Waals surface area contributed by atoms with Crippen molar-refractivity contribution in [3.63, 3.8) is 0 Å². The van der Waals surface area contributed by atoms with E-state index in [9.17, 15) is 14.4 Å². The van der Waals surface area contributed by atoms with Crippen LogP contribution < -0.4 is 20.3 Å². The van der Waals surface area contributed by atoms with Crippen molar-refractivity contribution in [1.29, 1.82) is 0 Å². The van der Waals surface area contributed by atoms with Crippen molar-refractivity contribution in [2.45, 2.75) is 45.6 Å². The Hall–Kier alpha value is -3.35. The maximum absolute atomic E-state index is 12.6. The van der Waals surface area contributed by atoms with Crippen molar-refractivity contribution in [1.82, 2.24) is 5.32 Å². The van der Waals surface area contributed by atoms with Gasteiger partial charge in [0.05, 0.1) is 12.2 Å². The molecule has 0 saturated heterocycles. The summed E-state index contributed by atoms with van der Waals surface area (Å²) in [6.07, 6.45) is 1.000. The number of anilines is 2. The molecule has 0 spiro atoms. The third-order valence-corrected chi connectivity index (χ3v) is 5.36. The van der Waals surface area contributed by atoms with Crippen LogP contribution in [-0.4, -0.2) is 36.4 Å². The molecule has 0 aliphatic carbocycles. The number of nitrogens with one attached hydrogen (secondary N) is 2. The van der Waals surface area contributed by atoms with Gasteiger partial charge in [-0.1, -0.05) is 19.1 Å². The quantitative estimate of drug-likeness (QED) is 0.710. The van der Waals surface area contributed by atoms with E-state index >= 15 is 0 Å². The Balaban J connectivity index is 1.51. The molecule has 0 atom stereocenters. The van der Waals surface area contributed by atoms with E-state index in [4.69, 9.17) is 4.74 Å². The lowest BCUT2D eigenvalue weighted by Gasteiger charge is -2.29. The smallest absolute Gasteiger partial charge is 0.251 e. The fraction of sp³-hybridized carbons (Fsp3) is 0.375. The zero-order valence-electron chi connectivity index (χ0n) is 18.2. The number of amides is 3. The second-order valence-electron chi connectivity index (χ2n) is 8.18. The lowest BCUT2D eigenvalue weighted by atomic mass is 10.0. The van der Waals surface area contributed by atoms with Gasteiger partial charge < -0.3 is 20.3 Å². The molecule has 1 aliphatic heterocycles. The molecule has 0 fully saturated rings. The minimum Gasteiger partial charge on any atom is -0.490 e. The Bertz CT molecular complexity index is 954. The normalized spacial score (nSPS) is 13.1. The Labute approximate surface area is 182 Å². The van der Waals surface area contributed by atoms with E-state index < -0.39 is 0 Å². The molecule has 31 heavy (non-hydrogen) atoms. The Morgan fingerprint density at radius 1 is 1.03 bits per heavy atom. The van der Waals surface area contributed by atoms with Crippen molar-refractivity contribution in [2.24, 2.45) is 0 Å². The monoisotopic (exact) mass is 423 g/mol. The van der Waals surface area contributed by atoms with Gasteiger partial charge in [0.25, 0.3) is 5.91 Å². The summed E-state index contributed by atoms with van der Waals surface area (Å²) in [7, 11) is 0. The molecule has 0 saturated carbocycles. The van der Waals surface area contributed by atoms with Crippen molar-refractivity contribution < 1.29 is 19.1 Å². The zero-order valence-corrected chi connectivity index (χ0v) is 18.2. The largest absolute Gasteiger partial charge is 0.490 e. The highest BCUT2D eigenvalue weighted by molar-refractivity contribution is 5.99. The minimum atomic E-state index is -0.280.